The number of aromatic nitrogens is 1. The molecule has 8 heteroatoms. The molecule has 3 rings (SSSR count). The highest BCUT2D eigenvalue weighted by Crippen LogP contribution is 2.30. The van der Waals surface area contributed by atoms with Crippen molar-refractivity contribution in [2.24, 2.45) is 0 Å². The van der Waals surface area contributed by atoms with Gasteiger partial charge in [-0.15, -0.1) is 0 Å². The van der Waals surface area contributed by atoms with Crippen LogP contribution in [0.15, 0.2) is 0 Å². The first-order valence-electron chi connectivity index (χ1n) is 6.99. The largest absolute Gasteiger partial charge is 0.382 e. The number of carbonyl (C=O) groups excluding carboxylic acids is 2. The normalized spacial score (nSPS) is 21.6. The van der Waals surface area contributed by atoms with Gasteiger partial charge in [0.2, 0.25) is 5.91 Å². The quantitative estimate of drug-likeness (QED) is 0.846. The van der Waals surface area contributed by atoms with Gasteiger partial charge in [-0.1, -0.05) is 11.3 Å². The van der Waals surface area contributed by atoms with Crippen LogP contribution in [-0.2, 0) is 4.79 Å². The van der Waals surface area contributed by atoms with Gasteiger partial charge in [0, 0.05) is 46.2 Å². The predicted octanol–water partition coefficient (Wildman–Crippen LogP) is 0.238. The summed E-state index contributed by atoms with van der Waals surface area (Å²) in [6.07, 6.45) is 1.43. The summed E-state index contributed by atoms with van der Waals surface area (Å²) in [7, 11) is 3.74. The van der Waals surface area contributed by atoms with Crippen LogP contribution in [0, 0.1) is 0 Å². The molecule has 0 aliphatic carbocycles. The average molecular weight is 309 g/mol. The maximum atomic E-state index is 12.6. The fourth-order valence-corrected chi connectivity index (χ4v) is 3.73. The third-order valence-corrected chi connectivity index (χ3v) is 5.23. The molecule has 0 aromatic carbocycles. The Bertz CT molecular complexity index is 585. The van der Waals surface area contributed by atoms with Crippen molar-refractivity contribution in [2.75, 3.05) is 44.4 Å². The number of nitrogens with zero attached hydrogens (tertiary/aromatic N) is 4. The molecule has 7 nitrogen and oxygen atoms in total. The van der Waals surface area contributed by atoms with Crippen LogP contribution in [-0.4, -0.2) is 66.4 Å². The zero-order valence-corrected chi connectivity index (χ0v) is 13.0. The minimum absolute atomic E-state index is 0.0721. The van der Waals surface area contributed by atoms with Crippen molar-refractivity contribution in [3.63, 3.8) is 0 Å². The third-order valence-electron chi connectivity index (χ3n) is 4.00. The molecular weight excluding hydrogens is 290 g/mol. The number of rotatable bonds is 2. The van der Waals surface area contributed by atoms with E-state index in [-0.39, 0.29) is 17.9 Å². The molecule has 3 heterocycles. The zero-order chi connectivity index (χ0) is 15.1. The number of hydrogen-bond donors (Lipinski definition) is 1. The predicted molar refractivity (Wildman–Crippen MR) is 81.5 cm³/mol. The van der Waals surface area contributed by atoms with Gasteiger partial charge in [0.1, 0.15) is 10.7 Å². The number of fused-ring (bicyclic) bond motifs is 1. The van der Waals surface area contributed by atoms with Gasteiger partial charge < -0.3 is 20.4 Å². The van der Waals surface area contributed by atoms with Crippen molar-refractivity contribution in [3.05, 3.63) is 4.88 Å². The Labute approximate surface area is 127 Å². The lowest BCUT2D eigenvalue weighted by Crippen LogP contribution is -2.53. The second kappa shape index (κ2) is 5.18. The average Bonchev–Trinajstić information content (AvgIpc) is 3.02. The highest BCUT2D eigenvalue weighted by Gasteiger charge is 2.37. The number of thiazole rings is 1. The van der Waals surface area contributed by atoms with Gasteiger partial charge in [0.25, 0.3) is 5.91 Å². The number of hydrogen-bond acceptors (Lipinski definition) is 6. The van der Waals surface area contributed by atoms with E-state index in [9.17, 15) is 9.59 Å². The highest BCUT2D eigenvalue weighted by molar-refractivity contribution is 7.18. The Morgan fingerprint density at radius 2 is 2.19 bits per heavy atom. The fraction of sp³-hybridized carbons (Fsp3) is 0.615. The molecule has 0 bridgehead atoms. The van der Waals surface area contributed by atoms with Crippen molar-refractivity contribution >= 4 is 34.1 Å². The summed E-state index contributed by atoms with van der Waals surface area (Å²) in [6.45, 7) is 1.78. The minimum atomic E-state index is -0.0721. The van der Waals surface area contributed by atoms with Gasteiger partial charge in [-0.25, -0.2) is 4.98 Å². The maximum absolute atomic E-state index is 12.6. The number of anilines is 2. The van der Waals surface area contributed by atoms with Gasteiger partial charge >= 0.3 is 0 Å². The second-order valence-electron chi connectivity index (χ2n) is 5.64. The van der Waals surface area contributed by atoms with E-state index in [4.69, 9.17) is 5.73 Å². The lowest BCUT2D eigenvalue weighted by molar-refractivity contribution is -0.130. The van der Waals surface area contributed by atoms with Crippen LogP contribution in [0.4, 0.5) is 10.9 Å². The fourth-order valence-electron chi connectivity index (χ4n) is 2.86. The number of nitrogens with two attached hydrogens (primary N) is 1. The van der Waals surface area contributed by atoms with E-state index in [1.165, 1.54) is 11.3 Å². The van der Waals surface area contributed by atoms with Gasteiger partial charge in [-0.2, -0.15) is 0 Å². The molecule has 1 aromatic rings. The Hall–Kier alpha value is -1.83. The van der Waals surface area contributed by atoms with Crippen LogP contribution < -0.4 is 10.6 Å². The number of piperazine rings is 1. The molecule has 2 aliphatic heterocycles. The van der Waals surface area contributed by atoms with Crippen LogP contribution in [0.3, 0.4) is 0 Å². The van der Waals surface area contributed by atoms with Crippen LogP contribution in [0.5, 0.6) is 0 Å². The first-order chi connectivity index (χ1) is 9.97. The van der Waals surface area contributed by atoms with Gasteiger partial charge in [0.15, 0.2) is 5.13 Å². The van der Waals surface area contributed by atoms with Gasteiger partial charge in [0.05, 0.1) is 0 Å². The molecule has 2 amide bonds. The monoisotopic (exact) mass is 309 g/mol. The van der Waals surface area contributed by atoms with E-state index in [2.05, 4.69) is 4.98 Å². The van der Waals surface area contributed by atoms with E-state index in [0.717, 1.165) is 11.6 Å². The molecule has 2 saturated heterocycles. The molecule has 1 unspecified atom stereocenters. The summed E-state index contributed by atoms with van der Waals surface area (Å²) in [5.74, 6) is 0.426. The molecule has 0 saturated carbocycles. The summed E-state index contributed by atoms with van der Waals surface area (Å²) < 4.78 is 0. The Balaban J connectivity index is 1.75. The first-order valence-corrected chi connectivity index (χ1v) is 7.81. The van der Waals surface area contributed by atoms with E-state index in [1.807, 2.05) is 23.9 Å². The van der Waals surface area contributed by atoms with E-state index in [0.29, 0.717) is 36.8 Å². The lowest BCUT2D eigenvalue weighted by atomic mass is 10.1. The lowest BCUT2D eigenvalue weighted by Gasteiger charge is -2.37. The molecule has 0 radical (unpaired) electrons. The summed E-state index contributed by atoms with van der Waals surface area (Å²) in [5.41, 5.74) is 5.88. The second-order valence-corrected chi connectivity index (χ2v) is 6.61. The van der Waals surface area contributed by atoms with Crippen LogP contribution in [0.2, 0.25) is 0 Å². The molecular formula is C13H19N5O2S. The Morgan fingerprint density at radius 1 is 1.43 bits per heavy atom. The Morgan fingerprint density at radius 3 is 2.86 bits per heavy atom. The molecule has 0 spiro atoms. The molecule has 2 aliphatic rings. The van der Waals surface area contributed by atoms with Crippen LogP contribution >= 0.6 is 11.3 Å². The smallest absolute Gasteiger partial charge is 0.267 e. The molecule has 2 N–H and O–H groups in total. The molecule has 114 valence electrons. The van der Waals surface area contributed by atoms with Crippen molar-refractivity contribution in [2.45, 2.75) is 18.9 Å². The van der Waals surface area contributed by atoms with Crippen LogP contribution in [0.1, 0.15) is 22.5 Å². The van der Waals surface area contributed by atoms with Gasteiger partial charge in [-0.3, -0.25) is 9.59 Å². The van der Waals surface area contributed by atoms with Crippen LogP contribution in [0.25, 0.3) is 0 Å². The minimum Gasteiger partial charge on any atom is -0.382 e. The third kappa shape index (κ3) is 2.44. The number of carbonyl (C=O) groups is 2. The summed E-state index contributed by atoms with van der Waals surface area (Å²) >= 11 is 1.31. The summed E-state index contributed by atoms with van der Waals surface area (Å²) in [6, 6.07) is 0.165. The van der Waals surface area contributed by atoms with E-state index >= 15 is 0 Å². The molecule has 21 heavy (non-hydrogen) atoms. The van der Waals surface area contributed by atoms with Crippen molar-refractivity contribution in [3.8, 4) is 0 Å². The topological polar surface area (TPSA) is 82.8 Å². The number of amides is 2. The summed E-state index contributed by atoms with van der Waals surface area (Å²) in [5, 5.41) is 0.727. The van der Waals surface area contributed by atoms with Gasteiger partial charge in [-0.05, 0) is 6.42 Å². The van der Waals surface area contributed by atoms with Crippen molar-refractivity contribution in [1.29, 1.82) is 0 Å². The maximum Gasteiger partial charge on any atom is 0.267 e. The Kier molecular flexibility index (Phi) is 3.48. The van der Waals surface area contributed by atoms with Crippen molar-refractivity contribution < 1.29 is 9.59 Å². The molecule has 1 aromatic heterocycles. The SMILES string of the molecule is CN(C)c1nc(N)c(C(=O)N2CCN3C(=O)CCC3C2)s1. The van der Waals surface area contributed by atoms with E-state index in [1.54, 1.807) is 4.90 Å². The van der Waals surface area contributed by atoms with E-state index < -0.39 is 0 Å². The zero-order valence-electron chi connectivity index (χ0n) is 12.2. The standard InChI is InChI=1S/C13H19N5O2S/c1-16(2)13-15-11(14)10(21-13)12(20)17-5-6-18-8(7-17)3-4-9(18)19/h8H,3-7,14H2,1-2H3. The van der Waals surface area contributed by atoms with Crippen molar-refractivity contribution in [1.82, 2.24) is 14.8 Å². The molecule has 2 fully saturated rings. The molecule has 1 atom stereocenters. The summed E-state index contributed by atoms with van der Waals surface area (Å²) in [4.78, 5) is 34.5. The first kappa shape index (κ1) is 14.1. The highest BCUT2D eigenvalue weighted by atomic mass is 32.1. The number of nitrogen functional groups attached to an aromatic ring is 1.